The van der Waals surface area contributed by atoms with Crippen molar-refractivity contribution < 1.29 is 9.47 Å². The SMILES string of the molecule is CCOC[C@@H]1COCCN1. The lowest BCUT2D eigenvalue weighted by atomic mass is 10.3. The number of nitrogens with one attached hydrogen (secondary N) is 1. The Balaban J connectivity index is 2.02. The zero-order valence-corrected chi connectivity index (χ0v) is 6.43. The second kappa shape index (κ2) is 4.66. The molecule has 0 spiro atoms. The van der Waals surface area contributed by atoms with Crippen LogP contribution in [0.3, 0.4) is 0 Å². The smallest absolute Gasteiger partial charge is 0.0642 e. The molecule has 1 heterocycles. The van der Waals surface area contributed by atoms with Crippen molar-refractivity contribution >= 4 is 0 Å². The van der Waals surface area contributed by atoms with E-state index in [9.17, 15) is 0 Å². The second-order valence-electron chi connectivity index (χ2n) is 2.39. The van der Waals surface area contributed by atoms with Crippen LogP contribution < -0.4 is 5.32 Å². The largest absolute Gasteiger partial charge is 0.380 e. The third-order valence-corrected chi connectivity index (χ3v) is 1.52. The molecule has 0 aromatic carbocycles. The fourth-order valence-corrected chi connectivity index (χ4v) is 0.987. The monoisotopic (exact) mass is 145 g/mol. The summed E-state index contributed by atoms with van der Waals surface area (Å²) in [7, 11) is 0. The molecule has 0 bridgehead atoms. The summed E-state index contributed by atoms with van der Waals surface area (Å²) >= 11 is 0. The van der Waals surface area contributed by atoms with Gasteiger partial charge in [0.15, 0.2) is 0 Å². The van der Waals surface area contributed by atoms with Gasteiger partial charge in [-0.25, -0.2) is 0 Å². The predicted molar refractivity (Wildman–Crippen MR) is 39.1 cm³/mol. The number of hydrogen-bond acceptors (Lipinski definition) is 3. The second-order valence-corrected chi connectivity index (χ2v) is 2.39. The van der Waals surface area contributed by atoms with Gasteiger partial charge in [-0.1, -0.05) is 0 Å². The molecule has 0 aliphatic carbocycles. The standard InChI is InChI=1S/C7H15NO2/c1-2-9-5-7-6-10-4-3-8-7/h7-8H,2-6H2,1H3/t7-/m1/s1. The van der Waals surface area contributed by atoms with Crippen LogP contribution >= 0.6 is 0 Å². The van der Waals surface area contributed by atoms with Gasteiger partial charge in [-0.05, 0) is 6.92 Å². The van der Waals surface area contributed by atoms with Gasteiger partial charge in [-0.15, -0.1) is 0 Å². The Hall–Kier alpha value is -0.120. The van der Waals surface area contributed by atoms with E-state index in [-0.39, 0.29) is 0 Å². The van der Waals surface area contributed by atoms with Crippen LogP contribution in [-0.2, 0) is 9.47 Å². The zero-order chi connectivity index (χ0) is 7.23. The summed E-state index contributed by atoms with van der Waals surface area (Å²) in [6.07, 6.45) is 0. The molecule has 0 saturated carbocycles. The van der Waals surface area contributed by atoms with Crippen molar-refractivity contribution in [2.75, 3.05) is 33.0 Å². The van der Waals surface area contributed by atoms with Crippen molar-refractivity contribution in [1.29, 1.82) is 0 Å². The molecule has 0 unspecified atom stereocenters. The molecule has 1 aliphatic heterocycles. The minimum absolute atomic E-state index is 0.411. The van der Waals surface area contributed by atoms with Crippen LogP contribution in [0.15, 0.2) is 0 Å². The maximum atomic E-state index is 5.24. The van der Waals surface area contributed by atoms with Crippen LogP contribution in [0.5, 0.6) is 0 Å². The molecular weight excluding hydrogens is 130 g/mol. The summed E-state index contributed by atoms with van der Waals surface area (Å²) in [5.41, 5.74) is 0. The summed E-state index contributed by atoms with van der Waals surface area (Å²) in [6, 6.07) is 0.411. The lowest BCUT2D eigenvalue weighted by Gasteiger charge is -2.23. The lowest BCUT2D eigenvalue weighted by molar-refractivity contribution is 0.0325. The van der Waals surface area contributed by atoms with Crippen LogP contribution in [0, 0.1) is 0 Å². The first kappa shape index (κ1) is 7.98. The fraction of sp³-hybridized carbons (Fsp3) is 1.00. The third-order valence-electron chi connectivity index (χ3n) is 1.52. The van der Waals surface area contributed by atoms with Crippen molar-refractivity contribution in [2.45, 2.75) is 13.0 Å². The minimum atomic E-state index is 0.411. The summed E-state index contributed by atoms with van der Waals surface area (Å²) in [5.74, 6) is 0. The molecule has 10 heavy (non-hydrogen) atoms. The molecule has 1 rings (SSSR count). The Morgan fingerprint density at radius 1 is 1.70 bits per heavy atom. The van der Waals surface area contributed by atoms with Crippen molar-refractivity contribution in [2.24, 2.45) is 0 Å². The van der Waals surface area contributed by atoms with Crippen LogP contribution in [0.25, 0.3) is 0 Å². The average Bonchev–Trinajstić information content (AvgIpc) is 2.03. The number of morpholine rings is 1. The first-order valence-electron chi connectivity index (χ1n) is 3.82. The maximum absolute atomic E-state index is 5.24. The fourth-order valence-electron chi connectivity index (χ4n) is 0.987. The molecule has 3 heteroatoms. The van der Waals surface area contributed by atoms with Crippen LogP contribution in [0.1, 0.15) is 6.92 Å². The summed E-state index contributed by atoms with van der Waals surface area (Å²) < 4.78 is 10.5. The normalized spacial score (nSPS) is 26.7. The Labute approximate surface area is 61.7 Å². The Morgan fingerprint density at radius 3 is 3.20 bits per heavy atom. The van der Waals surface area contributed by atoms with E-state index in [0.717, 1.165) is 33.0 Å². The highest BCUT2D eigenvalue weighted by Gasteiger charge is 2.11. The van der Waals surface area contributed by atoms with E-state index in [0.29, 0.717) is 6.04 Å². The number of ether oxygens (including phenoxy) is 2. The van der Waals surface area contributed by atoms with E-state index in [1.54, 1.807) is 0 Å². The highest BCUT2D eigenvalue weighted by atomic mass is 16.5. The van der Waals surface area contributed by atoms with Gasteiger partial charge < -0.3 is 14.8 Å². The van der Waals surface area contributed by atoms with Gasteiger partial charge in [0.2, 0.25) is 0 Å². The average molecular weight is 145 g/mol. The highest BCUT2D eigenvalue weighted by Crippen LogP contribution is 1.92. The van der Waals surface area contributed by atoms with Gasteiger partial charge in [0.05, 0.1) is 25.9 Å². The van der Waals surface area contributed by atoms with Gasteiger partial charge in [0, 0.05) is 13.2 Å². The number of hydrogen-bond donors (Lipinski definition) is 1. The third kappa shape index (κ3) is 2.64. The molecule has 3 nitrogen and oxygen atoms in total. The van der Waals surface area contributed by atoms with Crippen LogP contribution in [0.2, 0.25) is 0 Å². The summed E-state index contributed by atoms with van der Waals surface area (Å²) in [5, 5.41) is 3.30. The maximum Gasteiger partial charge on any atom is 0.0642 e. The van der Waals surface area contributed by atoms with Gasteiger partial charge in [0.1, 0.15) is 0 Å². The van der Waals surface area contributed by atoms with E-state index in [1.807, 2.05) is 6.92 Å². The zero-order valence-electron chi connectivity index (χ0n) is 6.43. The molecule has 1 N–H and O–H groups in total. The first-order chi connectivity index (χ1) is 4.93. The topological polar surface area (TPSA) is 30.5 Å². The molecular formula is C7H15NO2. The Bertz CT molecular complexity index is 81.7. The van der Waals surface area contributed by atoms with Crippen LogP contribution in [-0.4, -0.2) is 39.0 Å². The van der Waals surface area contributed by atoms with Crippen molar-refractivity contribution in [3.63, 3.8) is 0 Å². The van der Waals surface area contributed by atoms with E-state index in [4.69, 9.17) is 9.47 Å². The molecule has 0 aromatic heterocycles. The van der Waals surface area contributed by atoms with E-state index in [2.05, 4.69) is 5.32 Å². The van der Waals surface area contributed by atoms with Crippen LogP contribution in [0.4, 0.5) is 0 Å². The Kier molecular flexibility index (Phi) is 3.72. The van der Waals surface area contributed by atoms with Crippen molar-refractivity contribution in [1.82, 2.24) is 5.32 Å². The van der Waals surface area contributed by atoms with Gasteiger partial charge in [0.25, 0.3) is 0 Å². The molecule has 1 saturated heterocycles. The Morgan fingerprint density at radius 2 is 2.60 bits per heavy atom. The van der Waals surface area contributed by atoms with Gasteiger partial charge >= 0.3 is 0 Å². The highest BCUT2D eigenvalue weighted by molar-refractivity contribution is 4.68. The van der Waals surface area contributed by atoms with Crippen molar-refractivity contribution in [3.8, 4) is 0 Å². The molecule has 1 atom stereocenters. The molecule has 1 aliphatic rings. The van der Waals surface area contributed by atoms with E-state index < -0.39 is 0 Å². The van der Waals surface area contributed by atoms with E-state index in [1.165, 1.54) is 0 Å². The van der Waals surface area contributed by atoms with Gasteiger partial charge in [-0.3, -0.25) is 0 Å². The lowest BCUT2D eigenvalue weighted by Crippen LogP contribution is -2.44. The molecule has 1 fully saturated rings. The minimum Gasteiger partial charge on any atom is -0.380 e. The molecule has 0 radical (unpaired) electrons. The molecule has 0 aromatic rings. The van der Waals surface area contributed by atoms with Crippen molar-refractivity contribution in [3.05, 3.63) is 0 Å². The molecule has 60 valence electrons. The van der Waals surface area contributed by atoms with Gasteiger partial charge in [-0.2, -0.15) is 0 Å². The summed E-state index contributed by atoms with van der Waals surface area (Å²) in [6.45, 7) is 6.15. The quantitative estimate of drug-likeness (QED) is 0.607. The number of rotatable bonds is 3. The first-order valence-corrected chi connectivity index (χ1v) is 3.82. The molecule has 0 amide bonds. The predicted octanol–water partition coefficient (Wildman–Crippen LogP) is 0.0113. The van der Waals surface area contributed by atoms with E-state index >= 15 is 0 Å². The summed E-state index contributed by atoms with van der Waals surface area (Å²) in [4.78, 5) is 0.